The first kappa shape index (κ1) is 54.6. The summed E-state index contributed by atoms with van der Waals surface area (Å²) in [4.78, 5) is 39.9. The maximum absolute atomic E-state index is 13.6. The summed E-state index contributed by atoms with van der Waals surface area (Å²) in [5, 5.41) is 39.7. The van der Waals surface area contributed by atoms with Crippen molar-refractivity contribution in [1.82, 2.24) is 5.32 Å². The normalized spacial score (nSPS) is 18.7. The average Bonchev–Trinajstić information content (AvgIpc) is 3.34. The fraction of sp³-hybridized carbons (Fsp3) is 0.603. The Morgan fingerprint density at radius 2 is 1.06 bits per heavy atom. The van der Waals surface area contributed by atoms with Gasteiger partial charge in [-0.3, -0.25) is 14.4 Å². The predicted octanol–water partition coefficient (Wildman–Crippen LogP) is 11.9. The largest absolute Gasteiger partial charge is 0.462 e. The van der Waals surface area contributed by atoms with E-state index >= 15 is 0 Å². The Hall–Kier alpha value is -4.35. The topological polar surface area (TPSA) is 152 Å². The van der Waals surface area contributed by atoms with Crippen LogP contribution in [0.1, 0.15) is 179 Å². The first-order valence-electron chi connectivity index (χ1n) is 26.5. The van der Waals surface area contributed by atoms with Crippen LogP contribution in [-0.4, -0.2) is 76.5 Å². The average molecular weight is 938 g/mol. The molecular weight excluding hydrogens is 855 g/mol. The summed E-state index contributed by atoms with van der Waals surface area (Å²) in [5.74, 6) is -1.41. The molecule has 1 aliphatic heterocycles. The first-order chi connectivity index (χ1) is 33.2. The molecule has 4 N–H and O–H groups in total. The minimum Gasteiger partial charge on any atom is -0.462 e. The second kappa shape index (κ2) is 31.7. The highest BCUT2D eigenvalue weighted by Gasteiger charge is 2.47. The third-order valence-electron chi connectivity index (χ3n) is 13.6. The fourth-order valence-electron chi connectivity index (χ4n) is 9.57. The van der Waals surface area contributed by atoms with Gasteiger partial charge in [-0.2, -0.15) is 0 Å². The summed E-state index contributed by atoms with van der Waals surface area (Å²) in [5.41, 5.74) is 2.71. The zero-order valence-corrected chi connectivity index (χ0v) is 41.1. The molecule has 0 aliphatic carbocycles. The van der Waals surface area contributed by atoms with Gasteiger partial charge in [0.1, 0.15) is 24.4 Å². The number of aliphatic hydroxyl groups excluding tert-OH is 3. The van der Waals surface area contributed by atoms with Crippen molar-refractivity contribution in [3.8, 4) is 0 Å². The number of aliphatic hydroxyl groups is 3. The molecule has 4 aromatic rings. The highest BCUT2D eigenvalue weighted by molar-refractivity contribution is 5.83. The van der Waals surface area contributed by atoms with Gasteiger partial charge in [0, 0.05) is 12.8 Å². The van der Waals surface area contributed by atoms with Crippen LogP contribution in [0.3, 0.4) is 0 Å². The number of esters is 2. The summed E-state index contributed by atoms with van der Waals surface area (Å²) in [6, 6.07) is 28.9. The lowest BCUT2D eigenvalue weighted by atomic mass is 9.96. The molecule has 1 saturated heterocycles. The second-order valence-corrected chi connectivity index (χ2v) is 19.3. The fourth-order valence-corrected chi connectivity index (χ4v) is 9.57. The Balaban J connectivity index is 1.02. The van der Waals surface area contributed by atoms with Crippen molar-refractivity contribution in [2.24, 2.45) is 0 Å². The van der Waals surface area contributed by atoms with E-state index in [9.17, 15) is 29.7 Å². The van der Waals surface area contributed by atoms with E-state index in [1.807, 2.05) is 0 Å². The molecule has 0 radical (unpaired) electrons. The van der Waals surface area contributed by atoms with Gasteiger partial charge in [0.25, 0.3) is 0 Å². The molecule has 1 heterocycles. The number of benzene rings is 4. The van der Waals surface area contributed by atoms with E-state index in [4.69, 9.17) is 14.2 Å². The van der Waals surface area contributed by atoms with Crippen LogP contribution in [0.4, 0.5) is 0 Å². The van der Waals surface area contributed by atoms with Crippen LogP contribution < -0.4 is 5.32 Å². The standard InChI is InChI=1S/C58H83NO9/c1-2-3-4-5-6-7-8-15-20-33-50(66-53(62)34-21-16-11-9-13-18-27-44-36-38-46-29-23-25-31-48(46)40-44)42-52(61)59-55-57(56(64)51(43-60)67-58(55)65)68-54(63)35-22-17-12-10-14-19-28-45-37-39-47-30-24-26-32-49(47)41-45/h23-26,29-32,36-41,50-51,55-58,60,64-65H,2-22,27-28,33-35,42-43H2,1H3,(H,59,61)/t50-,51+,55+,56+,57+,58+/m0/s1. The lowest BCUT2D eigenvalue weighted by Crippen LogP contribution is -2.65. The number of carbonyl (C=O) groups excluding carboxylic acids is 3. The van der Waals surface area contributed by atoms with Gasteiger partial charge in [-0.05, 0) is 84.0 Å². The van der Waals surface area contributed by atoms with E-state index < -0.39 is 55.2 Å². The number of aryl methyl sites for hydroxylation is 2. The SMILES string of the molecule is CCCCCCCCCCC[C@@H](CC(=O)N[C@@H]1[C@@H](OC(=O)CCCCCCCCc2ccc3ccccc3c2)[C@H](O)[C@@H](CO)O[C@H]1O)OC(=O)CCCCCCCCc1ccc2ccccc2c1. The van der Waals surface area contributed by atoms with Gasteiger partial charge in [-0.1, -0.05) is 195 Å². The number of hydrogen-bond donors (Lipinski definition) is 4. The molecule has 10 heteroatoms. The molecule has 0 spiro atoms. The van der Waals surface area contributed by atoms with Crippen molar-refractivity contribution in [2.45, 2.75) is 217 Å². The Kier molecular flexibility index (Phi) is 25.5. The molecule has 68 heavy (non-hydrogen) atoms. The summed E-state index contributed by atoms with van der Waals surface area (Å²) < 4.78 is 17.1. The minimum atomic E-state index is -1.65. The van der Waals surface area contributed by atoms with Crippen molar-refractivity contribution in [2.75, 3.05) is 6.61 Å². The Labute approximate surface area is 406 Å². The first-order valence-corrected chi connectivity index (χ1v) is 26.5. The molecule has 0 aromatic heterocycles. The molecule has 374 valence electrons. The number of amides is 1. The van der Waals surface area contributed by atoms with Crippen LogP contribution >= 0.6 is 0 Å². The van der Waals surface area contributed by atoms with Gasteiger partial charge >= 0.3 is 11.9 Å². The molecule has 10 nitrogen and oxygen atoms in total. The van der Waals surface area contributed by atoms with E-state index in [-0.39, 0.29) is 25.2 Å². The van der Waals surface area contributed by atoms with Gasteiger partial charge in [-0.25, -0.2) is 0 Å². The van der Waals surface area contributed by atoms with E-state index in [0.717, 1.165) is 109 Å². The quantitative estimate of drug-likeness (QED) is 0.0265. The Morgan fingerprint density at radius 3 is 1.59 bits per heavy atom. The van der Waals surface area contributed by atoms with Crippen LogP contribution in [0.15, 0.2) is 84.9 Å². The lowest BCUT2D eigenvalue weighted by Gasteiger charge is -2.42. The van der Waals surface area contributed by atoms with Crippen molar-refractivity contribution < 1.29 is 43.9 Å². The van der Waals surface area contributed by atoms with Crippen LogP contribution in [0.2, 0.25) is 0 Å². The molecule has 0 unspecified atom stereocenters. The highest BCUT2D eigenvalue weighted by Crippen LogP contribution is 2.25. The molecule has 6 atom stereocenters. The number of hydrogen-bond acceptors (Lipinski definition) is 9. The Bertz CT molecular complexity index is 2050. The molecule has 0 bridgehead atoms. The zero-order chi connectivity index (χ0) is 48.2. The maximum Gasteiger partial charge on any atom is 0.306 e. The van der Waals surface area contributed by atoms with Gasteiger partial charge < -0.3 is 34.8 Å². The van der Waals surface area contributed by atoms with Gasteiger partial charge in [0.15, 0.2) is 12.4 Å². The predicted molar refractivity (Wildman–Crippen MR) is 272 cm³/mol. The third-order valence-corrected chi connectivity index (χ3v) is 13.6. The van der Waals surface area contributed by atoms with Gasteiger partial charge in [-0.15, -0.1) is 0 Å². The summed E-state index contributed by atoms with van der Waals surface area (Å²) >= 11 is 0. The van der Waals surface area contributed by atoms with Crippen LogP contribution in [-0.2, 0) is 41.4 Å². The number of nitrogens with one attached hydrogen (secondary N) is 1. The molecule has 5 rings (SSSR count). The van der Waals surface area contributed by atoms with E-state index in [2.05, 4.69) is 97.2 Å². The van der Waals surface area contributed by atoms with Crippen molar-refractivity contribution in [3.63, 3.8) is 0 Å². The number of fused-ring (bicyclic) bond motifs is 2. The molecule has 0 saturated carbocycles. The maximum atomic E-state index is 13.6. The number of unbranched alkanes of at least 4 members (excludes halogenated alkanes) is 18. The van der Waals surface area contributed by atoms with E-state index in [0.29, 0.717) is 12.8 Å². The number of carbonyl (C=O) groups is 3. The molecule has 1 amide bonds. The van der Waals surface area contributed by atoms with Gasteiger partial charge in [0.05, 0.1) is 13.0 Å². The number of rotatable bonds is 34. The summed E-state index contributed by atoms with van der Waals surface area (Å²) in [6.45, 7) is 1.60. The Morgan fingerprint density at radius 1 is 0.588 bits per heavy atom. The molecule has 4 aromatic carbocycles. The highest BCUT2D eigenvalue weighted by atomic mass is 16.6. The molecule has 1 fully saturated rings. The van der Waals surface area contributed by atoms with E-state index in [1.54, 1.807) is 0 Å². The van der Waals surface area contributed by atoms with Crippen LogP contribution in [0.5, 0.6) is 0 Å². The van der Waals surface area contributed by atoms with Crippen molar-refractivity contribution in [1.29, 1.82) is 0 Å². The van der Waals surface area contributed by atoms with E-state index in [1.165, 1.54) is 64.8 Å². The van der Waals surface area contributed by atoms with Crippen molar-refractivity contribution >= 4 is 39.4 Å². The second-order valence-electron chi connectivity index (χ2n) is 19.3. The van der Waals surface area contributed by atoms with Crippen LogP contribution in [0, 0.1) is 0 Å². The monoisotopic (exact) mass is 938 g/mol. The summed E-state index contributed by atoms with van der Waals surface area (Å²) in [7, 11) is 0. The van der Waals surface area contributed by atoms with Crippen molar-refractivity contribution in [3.05, 3.63) is 96.1 Å². The number of ether oxygens (including phenoxy) is 3. The smallest absolute Gasteiger partial charge is 0.306 e. The molecule has 1 aliphatic rings. The van der Waals surface area contributed by atoms with Crippen LogP contribution in [0.25, 0.3) is 21.5 Å². The third kappa shape index (κ3) is 19.9. The van der Waals surface area contributed by atoms with Gasteiger partial charge in [0.2, 0.25) is 5.91 Å². The summed E-state index contributed by atoms with van der Waals surface area (Å²) in [6.07, 6.45) is 18.5. The zero-order valence-electron chi connectivity index (χ0n) is 41.1. The lowest BCUT2D eigenvalue weighted by molar-refractivity contribution is -0.259. The molecular formula is C58H83NO9. The minimum absolute atomic E-state index is 0.116.